The van der Waals surface area contributed by atoms with Crippen molar-refractivity contribution >= 4 is 23.8 Å². The number of amides is 2. The fourth-order valence-electron chi connectivity index (χ4n) is 1.65. The van der Waals surface area contributed by atoms with Crippen LogP contribution in [0, 0.1) is 5.92 Å². The van der Waals surface area contributed by atoms with Crippen LogP contribution in [0.15, 0.2) is 0 Å². The molecule has 0 bridgehead atoms. The average Bonchev–Trinajstić information content (AvgIpc) is 2.35. The van der Waals surface area contributed by atoms with E-state index in [0.29, 0.717) is 6.42 Å². The molecule has 0 fully saturated rings. The monoisotopic (exact) mass is 317 g/mol. The predicted molar refractivity (Wildman–Crippen MR) is 76.9 cm³/mol. The summed E-state index contributed by atoms with van der Waals surface area (Å²) in [6, 6.07) is -3.46. The van der Waals surface area contributed by atoms with Gasteiger partial charge in [-0.3, -0.25) is 19.2 Å². The molecule has 126 valence electrons. The molecular weight excluding hydrogens is 294 g/mol. The Labute approximate surface area is 128 Å². The second kappa shape index (κ2) is 8.98. The molecule has 0 aliphatic rings. The van der Waals surface area contributed by atoms with E-state index >= 15 is 0 Å². The standard InChI is InChI=1S/C13H23N3O6/c1-6(2)4-8(14)11(19)16-9(5-10(17)18)12(20)15-7(3)13(21)22/h6-9H,4-5,14H2,1-3H3,(H,15,20)(H,16,19)(H,17,18)(H,21,22)/t7-,8-,9-/m0/s1. The van der Waals surface area contributed by atoms with Gasteiger partial charge in [-0.15, -0.1) is 0 Å². The van der Waals surface area contributed by atoms with Crippen LogP contribution < -0.4 is 16.4 Å². The van der Waals surface area contributed by atoms with E-state index in [1.807, 2.05) is 13.8 Å². The van der Waals surface area contributed by atoms with Crippen molar-refractivity contribution in [1.82, 2.24) is 10.6 Å². The van der Waals surface area contributed by atoms with Crippen molar-refractivity contribution in [2.75, 3.05) is 0 Å². The van der Waals surface area contributed by atoms with E-state index in [1.54, 1.807) is 0 Å². The lowest BCUT2D eigenvalue weighted by Gasteiger charge is -2.21. The number of carbonyl (C=O) groups is 4. The summed E-state index contributed by atoms with van der Waals surface area (Å²) in [5, 5.41) is 21.9. The van der Waals surface area contributed by atoms with Gasteiger partial charge in [0.1, 0.15) is 12.1 Å². The minimum absolute atomic E-state index is 0.152. The largest absolute Gasteiger partial charge is 0.481 e. The zero-order chi connectivity index (χ0) is 17.4. The minimum Gasteiger partial charge on any atom is -0.481 e. The molecule has 9 heteroatoms. The quantitative estimate of drug-likeness (QED) is 0.361. The topological polar surface area (TPSA) is 159 Å². The van der Waals surface area contributed by atoms with Crippen LogP contribution in [0.5, 0.6) is 0 Å². The van der Waals surface area contributed by atoms with Gasteiger partial charge in [0.15, 0.2) is 0 Å². The van der Waals surface area contributed by atoms with Gasteiger partial charge in [0, 0.05) is 0 Å². The van der Waals surface area contributed by atoms with Crippen molar-refractivity contribution < 1.29 is 29.4 Å². The molecular formula is C13H23N3O6. The molecule has 0 radical (unpaired) electrons. The van der Waals surface area contributed by atoms with E-state index < -0.39 is 48.3 Å². The first-order chi connectivity index (χ1) is 10.0. The average molecular weight is 317 g/mol. The molecule has 2 amide bonds. The van der Waals surface area contributed by atoms with Crippen LogP contribution in [0.25, 0.3) is 0 Å². The van der Waals surface area contributed by atoms with Crippen molar-refractivity contribution in [2.24, 2.45) is 11.7 Å². The van der Waals surface area contributed by atoms with Gasteiger partial charge < -0.3 is 26.6 Å². The summed E-state index contributed by atoms with van der Waals surface area (Å²) in [6.07, 6.45) is -0.295. The number of hydrogen-bond acceptors (Lipinski definition) is 5. The van der Waals surface area contributed by atoms with E-state index in [2.05, 4.69) is 10.6 Å². The van der Waals surface area contributed by atoms with E-state index in [1.165, 1.54) is 6.92 Å². The lowest BCUT2D eigenvalue weighted by Crippen LogP contribution is -2.54. The van der Waals surface area contributed by atoms with Gasteiger partial charge in [0.25, 0.3) is 0 Å². The summed E-state index contributed by atoms with van der Waals surface area (Å²) in [7, 11) is 0. The highest BCUT2D eigenvalue weighted by atomic mass is 16.4. The molecule has 3 atom stereocenters. The van der Waals surface area contributed by atoms with E-state index in [9.17, 15) is 19.2 Å². The van der Waals surface area contributed by atoms with Gasteiger partial charge >= 0.3 is 11.9 Å². The molecule has 0 saturated heterocycles. The van der Waals surface area contributed by atoms with Crippen LogP contribution >= 0.6 is 0 Å². The molecule has 6 N–H and O–H groups in total. The highest BCUT2D eigenvalue weighted by Crippen LogP contribution is 2.04. The molecule has 0 aromatic rings. The molecule has 0 saturated carbocycles. The van der Waals surface area contributed by atoms with Crippen molar-refractivity contribution in [2.45, 2.75) is 51.7 Å². The first-order valence-corrected chi connectivity index (χ1v) is 6.85. The van der Waals surface area contributed by atoms with Gasteiger partial charge in [0.05, 0.1) is 12.5 Å². The SMILES string of the molecule is CC(C)C[C@H](N)C(=O)N[C@@H](CC(=O)O)C(=O)N[C@@H](C)C(=O)O. The summed E-state index contributed by atoms with van der Waals surface area (Å²) < 4.78 is 0. The van der Waals surface area contributed by atoms with Gasteiger partial charge in [-0.2, -0.15) is 0 Å². The third-order valence-corrected chi connectivity index (χ3v) is 2.80. The fourth-order valence-corrected chi connectivity index (χ4v) is 1.65. The summed E-state index contributed by atoms with van der Waals surface area (Å²) >= 11 is 0. The number of aliphatic carboxylic acids is 2. The van der Waals surface area contributed by atoms with Gasteiger partial charge in [-0.25, -0.2) is 0 Å². The number of carboxylic acids is 2. The molecule has 22 heavy (non-hydrogen) atoms. The molecule has 0 aromatic heterocycles. The molecule has 0 rings (SSSR count). The van der Waals surface area contributed by atoms with E-state index in [-0.39, 0.29) is 5.92 Å². The van der Waals surface area contributed by atoms with E-state index in [4.69, 9.17) is 15.9 Å². The number of rotatable bonds is 9. The zero-order valence-corrected chi connectivity index (χ0v) is 12.8. The number of hydrogen-bond donors (Lipinski definition) is 5. The third-order valence-electron chi connectivity index (χ3n) is 2.80. The zero-order valence-electron chi connectivity index (χ0n) is 12.8. The Morgan fingerprint density at radius 3 is 1.95 bits per heavy atom. The number of carboxylic acid groups (broad SMARTS) is 2. The van der Waals surface area contributed by atoms with Crippen molar-refractivity contribution in [3.05, 3.63) is 0 Å². The number of carbonyl (C=O) groups excluding carboxylic acids is 2. The Morgan fingerprint density at radius 2 is 1.55 bits per heavy atom. The maximum Gasteiger partial charge on any atom is 0.325 e. The van der Waals surface area contributed by atoms with Crippen LogP contribution in [0.4, 0.5) is 0 Å². The van der Waals surface area contributed by atoms with Crippen molar-refractivity contribution in [1.29, 1.82) is 0 Å². The van der Waals surface area contributed by atoms with Crippen LogP contribution in [0.2, 0.25) is 0 Å². The minimum atomic E-state index is -1.38. The lowest BCUT2D eigenvalue weighted by atomic mass is 10.0. The summed E-state index contributed by atoms with van der Waals surface area (Å²) in [6.45, 7) is 4.95. The van der Waals surface area contributed by atoms with Gasteiger partial charge in [-0.05, 0) is 19.3 Å². The van der Waals surface area contributed by atoms with Gasteiger partial charge in [0.2, 0.25) is 11.8 Å². The van der Waals surface area contributed by atoms with Crippen LogP contribution in [0.1, 0.15) is 33.6 Å². The molecule has 0 aliphatic carbocycles. The Kier molecular flexibility index (Phi) is 8.10. The molecule has 0 aromatic carbocycles. The smallest absolute Gasteiger partial charge is 0.325 e. The molecule has 0 aliphatic heterocycles. The Balaban J connectivity index is 4.83. The van der Waals surface area contributed by atoms with E-state index in [0.717, 1.165) is 0 Å². The maximum atomic E-state index is 11.9. The Hall–Kier alpha value is -2.16. The van der Waals surface area contributed by atoms with Crippen LogP contribution in [-0.2, 0) is 19.2 Å². The second-order valence-corrected chi connectivity index (χ2v) is 5.46. The predicted octanol–water partition coefficient (Wildman–Crippen LogP) is -1.09. The second-order valence-electron chi connectivity index (χ2n) is 5.46. The maximum absolute atomic E-state index is 11.9. The lowest BCUT2D eigenvalue weighted by molar-refractivity contribution is -0.143. The summed E-state index contributed by atoms with van der Waals surface area (Å²) in [5.41, 5.74) is 5.66. The molecule has 9 nitrogen and oxygen atoms in total. The fraction of sp³-hybridized carbons (Fsp3) is 0.692. The van der Waals surface area contributed by atoms with Gasteiger partial charge in [-0.1, -0.05) is 13.8 Å². The highest BCUT2D eigenvalue weighted by molar-refractivity contribution is 5.93. The first-order valence-electron chi connectivity index (χ1n) is 6.85. The normalized spacial score (nSPS) is 14.8. The molecule has 0 spiro atoms. The first kappa shape index (κ1) is 19.8. The Morgan fingerprint density at radius 1 is 1.00 bits per heavy atom. The third kappa shape index (κ3) is 7.58. The summed E-state index contributed by atoms with van der Waals surface area (Å²) in [5.74, 6) is -3.97. The van der Waals surface area contributed by atoms with Crippen molar-refractivity contribution in [3.8, 4) is 0 Å². The number of nitrogens with two attached hydrogens (primary N) is 1. The molecule has 0 unspecified atom stereocenters. The summed E-state index contributed by atoms with van der Waals surface area (Å²) in [4.78, 5) is 45.2. The number of nitrogens with one attached hydrogen (secondary N) is 2. The van der Waals surface area contributed by atoms with Crippen molar-refractivity contribution in [3.63, 3.8) is 0 Å². The molecule has 0 heterocycles. The highest BCUT2D eigenvalue weighted by Gasteiger charge is 2.28. The van der Waals surface area contributed by atoms with Crippen LogP contribution in [-0.4, -0.2) is 52.1 Å². The van der Waals surface area contributed by atoms with Crippen LogP contribution in [0.3, 0.4) is 0 Å². The Bertz CT molecular complexity index is 437.